The molecule has 3 aromatic carbocycles. The second-order valence-corrected chi connectivity index (χ2v) is 12.7. The van der Waals surface area contributed by atoms with Crippen LogP contribution in [-0.4, -0.2) is 24.3 Å². The first-order chi connectivity index (χ1) is 21.2. The van der Waals surface area contributed by atoms with Crippen LogP contribution >= 0.6 is 43.2 Å². The van der Waals surface area contributed by atoms with Crippen molar-refractivity contribution in [3.8, 4) is 11.5 Å². The summed E-state index contributed by atoms with van der Waals surface area (Å²) in [6.45, 7) is 4.23. The van der Waals surface area contributed by atoms with Crippen molar-refractivity contribution in [1.29, 1.82) is 0 Å². The summed E-state index contributed by atoms with van der Waals surface area (Å²) in [5, 5.41) is 0. The minimum absolute atomic E-state index is 0.187. The third kappa shape index (κ3) is 6.74. The predicted molar refractivity (Wildman–Crippen MR) is 175 cm³/mol. The number of hydrogen-bond acceptors (Lipinski definition) is 7. The Balaban J connectivity index is 1.60. The highest BCUT2D eigenvalue weighted by molar-refractivity contribution is 9.10. The molecular formula is C33H29Br2FN2O5S. The number of rotatable bonds is 10. The Morgan fingerprint density at radius 2 is 1.82 bits per heavy atom. The molecule has 0 radical (unpaired) electrons. The van der Waals surface area contributed by atoms with Gasteiger partial charge in [-0.05, 0) is 88.9 Å². The Kier molecular flexibility index (Phi) is 10.2. The molecule has 0 fully saturated rings. The van der Waals surface area contributed by atoms with E-state index in [4.69, 9.17) is 19.2 Å². The van der Waals surface area contributed by atoms with E-state index in [2.05, 4.69) is 31.9 Å². The van der Waals surface area contributed by atoms with Crippen molar-refractivity contribution in [3.63, 3.8) is 0 Å². The van der Waals surface area contributed by atoms with E-state index in [9.17, 15) is 14.0 Å². The van der Waals surface area contributed by atoms with Crippen LogP contribution in [0.5, 0.6) is 11.5 Å². The summed E-state index contributed by atoms with van der Waals surface area (Å²) >= 11 is 8.37. The molecule has 0 spiro atoms. The van der Waals surface area contributed by atoms with Crippen LogP contribution in [0, 0.1) is 5.82 Å². The number of ether oxygens (including phenoxy) is 3. The van der Waals surface area contributed by atoms with Gasteiger partial charge in [-0.15, -0.1) is 0 Å². The Morgan fingerprint density at radius 3 is 2.50 bits per heavy atom. The Labute approximate surface area is 274 Å². The molecule has 1 aliphatic rings. The second kappa shape index (κ2) is 14.0. The molecule has 0 saturated heterocycles. The zero-order chi connectivity index (χ0) is 31.4. The number of aromatic nitrogens is 1. The van der Waals surface area contributed by atoms with Crippen LogP contribution in [0.4, 0.5) is 4.39 Å². The van der Waals surface area contributed by atoms with Crippen LogP contribution in [0.2, 0.25) is 0 Å². The summed E-state index contributed by atoms with van der Waals surface area (Å²) in [6.07, 6.45) is 3.09. The van der Waals surface area contributed by atoms with Gasteiger partial charge in [0.2, 0.25) is 0 Å². The second-order valence-electron chi connectivity index (χ2n) is 9.90. The summed E-state index contributed by atoms with van der Waals surface area (Å²) in [5.41, 5.74) is 2.89. The number of thiazole rings is 1. The highest BCUT2D eigenvalue weighted by Gasteiger charge is 2.36. The fourth-order valence-corrected chi connectivity index (χ4v) is 6.86. The number of esters is 1. The summed E-state index contributed by atoms with van der Waals surface area (Å²) in [4.78, 5) is 32.9. The summed E-state index contributed by atoms with van der Waals surface area (Å²) in [5.74, 6) is 0.331. The lowest BCUT2D eigenvalue weighted by Crippen LogP contribution is -2.40. The molecule has 0 amide bonds. The molecule has 1 aromatic heterocycles. The minimum Gasteiger partial charge on any atom is -0.496 e. The maximum absolute atomic E-state index is 14.1. The molecule has 11 heteroatoms. The van der Waals surface area contributed by atoms with Gasteiger partial charge in [-0.2, -0.15) is 0 Å². The van der Waals surface area contributed by atoms with E-state index in [1.807, 2.05) is 37.3 Å². The number of hydrogen-bond donors (Lipinski definition) is 0. The quantitative estimate of drug-likeness (QED) is 0.167. The highest BCUT2D eigenvalue weighted by Crippen LogP contribution is 2.38. The van der Waals surface area contributed by atoms with Crippen molar-refractivity contribution >= 4 is 55.2 Å². The van der Waals surface area contributed by atoms with Gasteiger partial charge in [0.15, 0.2) is 4.80 Å². The van der Waals surface area contributed by atoms with Crippen LogP contribution in [0.1, 0.15) is 49.4 Å². The molecule has 0 saturated carbocycles. The molecule has 0 N–H and O–H groups in total. The van der Waals surface area contributed by atoms with Gasteiger partial charge in [-0.25, -0.2) is 14.2 Å². The number of fused-ring (bicyclic) bond motifs is 1. The van der Waals surface area contributed by atoms with E-state index < -0.39 is 12.0 Å². The van der Waals surface area contributed by atoms with Gasteiger partial charge < -0.3 is 14.2 Å². The molecule has 228 valence electrons. The monoisotopic (exact) mass is 742 g/mol. The van der Waals surface area contributed by atoms with E-state index in [0.29, 0.717) is 48.6 Å². The number of nitrogens with zero attached hydrogens (tertiary/aromatic N) is 2. The molecule has 2 heterocycles. The van der Waals surface area contributed by atoms with Crippen molar-refractivity contribution in [2.75, 3.05) is 13.7 Å². The number of benzene rings is 3. The van der Waals surface area contributed by atoms with E-state index in [1.165, 1.54) is 23.5 Å². The van der Waals surface area contributed by atoms with Gasteiger partial charge in [0, 0.05) is 10.0 Å². The standard InChI is InChI=1S/C33H29Br2FN2O5S/c1-4-6-25-29(32(40)42-5-2)30(23-17-21(34)10-14-26(23)41-3)38-31(39)28(44-33(38)37-25)16-20-9-13-27(24(35)15-20)43-18-19-7-11-22(36)12-8-19/h7-17,30H,4-6,18H2,1-3H3/b28-16+/t30-/m1/s1. The van der Waals surface area contributed by atoms with Crippen molar-refractivity contribution in [2.45, 2.75) is 39.3 Å². The van der Waals surface area contributed by atoms with Crippen LogP contribution in [0.3, 0.4) is 0 Å². The summed E-state index contributed by atoms with van der Waals surface area (Å²) in [6, 6.07) is 16.4. The Morgan fingerprint density at radius 1 is 1.07 bits per heavy atom. The van der Waals surface area contributed by atoms with Gasteiger partial charge in [0.05, 0.1) is 34.0 Å². The van der Waals surface area contributed by atoms with Gasteiger partial charge in [0.1, 0.15) is 30.0 Å². The molecule has 1 atom stereocenters. The fourth-order valence-electron chi connectivity index (χ4n) is 4.95. The van der Waals surface area contributed by atoms with Crippen molar-refractivity contribution < 1.29 is 23.4 Å². The number of halogens is 3. The molecular weight excluding hydrogens is 715 g/mol. The maximum Gasteiger partial charge on any atom is 0.338 e. The van der Waals surface area contributed by atoms with Crippen LogP contribution < -0.4 is 24.4 Å². The minimum atomic E-state index is -0.796. The van der Waals surface area contributed by atoms with Gasteiger partial charge >= 0.3 is 5.97 Å². The maximum atomic E-state index is 14.1. The van der Waals surface area contributed by atoms with Gasteiger partial charge in [0.25, 0.3) is 5.56 Å². The zero-order valence-corrected chi connectivity index (χ0v) is 28.2. The lowest BCUT2D eigenvalue weighted by atomic mass is 9.93. The van der Waals surface area contributed by atoms with Gasteiger partial charge in [-0.1, -0.05) is 58.8 Å². The van der Waals surface area contributed by atoms with Crippen molar-refractivity contribution in [1.82, 2.24) is 4.57 Å². The smallest absolute Gasteiger partial charge is 0.338 e. The largest absolute Gasteiger partial charge is 0.496 e. The third-order valence-electron chi connectivity index (χ3n) is 6.94. The normalized spacial score (nSPS) is 14.7. The van der Waals surface area contributed by atoms with Crippen LogP contribution in [0.25, 0.3) is 6.08 Å². The van der Waals surface area contributed by atoms with E-state index >= 15 is 0 Å². The number of allylic oxidation sites excluding steroid dienone is 1. The molecule has 0 bridgehead atoms. The average molecular weight is 744 g/mol. The Bertz CT molecular complexity index is 1920. The molecule has 0 unspecified atom stereocenters. The lowest BCUT2D eigenvalue weighted by Gasteiger charge is -2.27. The highest BCUT2D eigenvalue weighted by atomic mass is 79.9. The van der Waals surface area contributed by atoms with Crippen LogP contribution in [0.15, 0.2) is 90.7 Å². The van der Waals surface area contributed by atoms with E-state index in [-0.39, 0.29) is 24.6 Å². The molecule has 4 aromatic rings. The first kappa shape index (κ1) is 31.9. The Hall–Kier alpha value is -3.54. The van der Waals surface area contributed by atoms with Crippen LogP contribution in [-0.2, 0) is 16.1 Å². The van der Waals surface area contributed by atoms with Crippen molar-refractivity contribution in [3.05, 3.63) is 123 Å². The number of carbonyl (C=O) groups excluding carboxylic acids is 1. The molecule has 0 aliphatic carbocycles. The molecule has 5 rings (SSSR count). The van der Waals surface area contributed by atoms with E-state index in [0.717, 1.165) is 22.0 Å². The molecule has 7 nitrogen and oxygen atoms in total. The topological polar surface area (TPSA) is 79.1 Å². The number of methoxy groups -OCH3 is 1. The zero-order valence-electron chi connectivity index (χ0n) is 24.2. The predicted octanol–water partition coefficient (Wildman–Crippen LogP) is 6.83. The fraction of sp³-hybridized carbons (Fsp3) is 0.242. The molecule has 1 aliphatic heterocycles. The summed E-state index contributed by atoms with van der Waals surface area (Å²) < 4.78 is 33.8. The first-order valence-corrected chi connectivity index (χ1v) is 16.4. The number of carbonyl (C=O) groups is 1. The third-order valence-corrected chi connectivity index (χ3v) is 9.04. The average Bonchev–Trinajstić information content (AvgIpc) is 3.31. The first-order valence-electron chi connectivity index (χ1n) is 14.0. The SMILES string of the molecule is CCCC1=C(C(=O)OCC)[C@@H](c2cc(Br)ccc2OC)n2c(s/c(=C/c3ccc(OCc4ccc(F)cc4)c(Br)c3)c2=O)=N1. The lowest BCUT2D eigenvalue weighted by molar-refractivity contribution is -0.139. The van der Waals surface area contributed by atoms with Crippen molar-refractivity contribution in [2.24, 2.45) is 4.99 Å². The van der Waals surface area contributed by atoms with E-state index in [1.54, 1.807) is 42.9 Å². The van der Waals surface area contributed by atoms with Gasteiger partial charge in [-0.3, -0.25) is 9.36 Å². The molecule has 44 heavy (non-hydrogen) atoms. The summed E-state index contributed by atoms with van der Waals surface area (Å²) in [7, 11) is 1.56.